The fraction of sp³-hybridized carbons (Fsp3) is 0.571. The van der Waals surface area contributed by atoms with Crippen molar-refractivity contribution in [3.05, 3.63) is 29.8 Å². The molecule has 112 valence electrons. The van der Waals surface area contributed by atoms with Crippen LogP contribution in [0.5, 0.6) is 0 Å². The Bertz CT molecular complexity index is 526. The first-order valence-corrected chi connectivity index (χ1v) is 8.45. The lowest BCUT2D eigenvalue weighted by Gasteiger charge is -2.34. The number of nitrogens with zero attached hydrogens (tertiary/aromatic N) is 1. The molecule has 1 fully saturated rings. The number of aliphatic hydroxyl groups is 1. The van der Waals surface area contributed by atoms with E-state index in [2.05, 4.69) is 0 Å². The van der Waals surface area contributed by atoms with Gasteiger partial charge in [-0.15, -0.1) is 0 Å². The molecule has 6 heteroatoms. The number of hydrogen-bond donors (Lipinski definition) is 2. The Morgan fingerprint density at radius 2 is 1.95 bits per heavy atom. The standard InChI is InChI=1S/C14H22N2O3S/c15-11-12-4-6-14(7-5-12)20(18,19)16-9-2-1-3-13(16)8-10-17/h4-7,13,17H,1-3,8-11,15H2. The molecular formula is C14H22N2O3S. The Morgan fingerprint density at radius 1 is 1.25 bits per heavy atom. The molecule has 0 saturated carbocycles. The number of nitrogens with two attached hydrogens (primary N) is 1. The molecule has 1 unspecified atom stereocenters. The molecule has 0 radical (unpaired) electrons. The Hall–Kier alpha value is -0.950. The molecule has 1 aliphatic rings. The first-order chi connectivity index (χ1) is 9.59. The predicted octanol–water partition coefficient (Wildman–Crippen LogP) is 1.07. The lowest BCUT2D eigenvalue weighted by molar-refractivity contribution is 0.192. The molecule has 20 heavy (non-hydrogen) atoms. The third-order valence-electron chi connectivity index (χ3n) is 3.80. The maximum Gasteiger partial charge on any atom is 0.243 e. The summed E-state index contributed by atoms with van der Waals surface area (Å²) in [6, 6.07) is 6.63. The highest BCUT2D eigenvalue weighted by molar-refractivity contribution is 7.89. The van der Waals surface area contributed by atoms with Crippen molar-refractivity contribution in [2.75, 3.05) is 13.2 Å². The monoisotopic (exact) mass is 298 g/mol. The van der Waals surface area contributed by atoms with Gasteiger partial charge >= 0.3 is 0 Å². The van der Waals surface area contributed by atoms with Gasteiger partial charge in [0.15, 0.2) is 0 Å². The van der Waals surface area contributed by atoms with Gasteiger partial charge in [0.05, 0.1) is 4.90 Å². The highest BCUT2D eigenvalue weighted by Gasteiger charge is 2.32. The van der Waals surface area contributed by atoms with Gasteiger partial charge in [-0.2, -0.15) is 4.31 Å². The Labute approximate surface area is 120 Å². The SMILES string of the molecule is NCc1ccc(S(=O)(=O)N2CCCCC2CCO)cc1. The van der Waals surface area contributed by atoms with E-state index in [1.807, 2.05) is 0 Å². The van der Waals surface area contributed by atoms with Gasteiger partial charge in [0.1, 0.15) is 0 Å². The summed E-state index contributed by atoms with van der Waals surface area (Å²) < 4.78 is 26.9. The van der Waals surface area contributed by atoms with Crippen LogP contribution in [0.2, 0.25) is 0 Å². The number of piperidine rings is 1. The van der Waals surface area contributed by atoms with Crippen LogP contribution in [0.25, 0.3) is 0 Å². The van der Waals surface area contributed by atoms with Gasteiger partial charge in [-0.1, -0.05) is 18.6 Å². The van der Waals surface area contributed by atoms with Crippen LogP contribution < -0.4 is 5.73 Å². The highest BCUT2D eigenvalue weighted by Crippen LogP contribution is 2.27. The minimum atomic E-state index is -3.48. The molecule has 2 rings (SSSR count). The smallest absolute Gasteiger partial charge is 0.243 e. The third kappa shape index (κ3) is 3.20. The van der Waals surface area contributed by atoms with E-state index in [9.17, 15) is 8.42 Å². The minimum absolute atomic E-state index is 0.0167. The van der Waals surface area contributed by atoms with E-state index in [0.29, 0.717) is 24.4 Å². The van der Waals surface area contributed by atoms with E-state index in [1.165, 1.54) is 0 Å². The Kier molecular flexibility index (Phi) is 5.15. The lowest BCUT2D eigenvalue weighted by atomic mass is 10.0. The zero-order valence-electron chi connectivity index (χ0n) is 11.5. The molecule has 0 bridgehead atoms. The summed E-state index contributed by atoms with van der Waals surface area (Å²) in [4.78, 5) is 0.305. The number of aliphatic hydroxyl groups excluding tert-OH is 1. The van der Waals surface area contributed by atoms with Crippen molar-refractivity contribution in [3.63, 3.8) is 0 Å². The van der Waals surface area contributed by atoms with Crippen LogP contribution in [0.4, 0.5) is 0 Å². The number of benzene rings is 1. The van der Waals surface area contributed by atoms with E-state index in [4.69, 9.17) is 10.8 Å². The van der Waals surface area contributed by atoms with Crippen LogP contribution in [-0.2, 0) is 16.6 Å². The summed E-state index contributed by atoms with van der Waals surface area (Å²) in [5.41, 5.74) is 6.44. The van der Waals surface area contributed by atoms with Crippen molar-refractivity contribution in [2.24, 2.45) is 5.73 Å². The molecular weight excluding hydrogens is 276 g/mol. The highest BCUT2D eigenvalue weighted by atomic mass is 32.2. The largest absolute Gasteiger partial charge is 0.396 e. The molecule has 1 saturated heterocycles. The zero-order chi connectivity index (χ0) is 14.6. The number of sulfonamides is 1. The first-order valence-electron chi connectivity index (χ1n) is 7.01. The molecule has 1 aliphatic heterocycles. The summed E-state index contributed by atoms with van der Waals surface area (Å²) in [7, 11) is -3.48. The lowest BCUT2D eigenvalue weighted by Crippen LogP contribution is -2.44. The van der Waals surface area contributed by atoms with Gasteiger partial charge in [-0.25, -0.2) is 8.42 Å². The van der Waals surface area contributed by atoms with Crippen LogP contribution in [0.15, 0.2) is 29.2 Å². The molecule has 0 aliphatic carbocycles. The summed E-state index contributed by atoms with van der Waals surface area (Å²) in [5, 5.41) is 9.11. The number of rotatable bonds is 5. The van der Waals surface area contributed by atoms with Crippen molar-refractivity contribution in [2.45, 2.75) is 43.2 Å². The average molecular weight is 298 g/mol. The van der Waals surface area contributed by atoms with Crippen molar-refractivity contribution in [1.29, 1.82) is 0 Å². The van der Waals surface area contributed by atoms with E-state index >= 15 is 0 Å². The topological polar surface area (TPSA) is 83.6 Å². The van der Waals surface area contributed by atoms with Crippen LogP contribution in [0.3, 0.4) is 0 Å². The molecule has 5 nitrogen and oxygen atoms in total. The van der Waals surface area contributed by atoms with Crippen LogP contribution >= 0.6 is 0 Å². The van der Waals surface area contributed by atoms with E-state index in [1.54, 1.807) is 28.6 Å². The van der Waals surface area contributed by atoms with Gasteiger partial charge in [0.2, 0.25) is 10.0 Å². The van der Waals surface area contributed by atoms with E-state index < -0.39 is 10.0 Å². The zero-order valence-corrected chi connectivity index (χ0v) is 12.3. The van der Waals surface area contributed by atoms with Crippen LogP contribution in [-0.4, -0.2) is 37.0 Å². The maximum atomic E-state index is 12.7. The van der Waals surface area contributed by atoms with E-state index in [0.717, 1.165) is 24.8 Å². The average Bonchev–Trinajstić information content (AvgIpc) is 2.48. The summed E-state index contributed by atoms with van der Waals surface area (Å²) in [6.07, 6.45) is 3.21. The molecule has 0 amide bonds. The first kappa shape index (κ1) is 15.4. The fourth-order valence-corrected chi connectivity index (χ4v) is 4.38. The molecule has 1 atom stereocenters. The molecule has 0 aromatic heterocycles. The quantitative estimate of drug-likeness (QED) is 0.852. The summed E-state index contributed by atoms with van der Waals surface area (Å²) in [6.45, 7) is 0.950. The second kappa shape index (κ2) is 6.67. The maximum absolute atomic E-state index is 12.7. The van der Waals surface area contributed by atoms with Gasteiger partial charge < -0.3 is 10.8 Å². The Morgan fingerprint density at radius 3 is 2.55 bits per heavy atom. The van der Waals surface area contributed by atoms with Crippen molar-refractivity contribution in [3.8, 4) is 0 Å². The fourth-order valence-electron chi connectivity index (χ4n) is 2.66. The molecule has 1 aromatic rings. The van der Waals surface area contributed by atoms with Crippen molar-refractivity contribution < 1.29 is 13.5 Å². The van der Waals surface area contributed by atoms with Gasteiger partial charge in [0, 0.05) is 25.7 Å². The summed E-state index contributed by atoms with van der Waals surface area (Å²) >= 11 is 0. The second-order valence-electron chi connectivity index (χ2n) is 5.13. The minimum Gasteiger partial charge on any atom is -0.396 e. The van der Waals surface area contributed by atoms with Crippen molar-refractivity contribution >= 4 is 10.0 Å². The molecule has 1 aromatic carbocycles. The van der Waals surface area contributed by atoms with E-state index in [-0.39, 0.29) is 12.6 Å². The van der Waals surface area contributed by atoms with Gasteiger partial charge in [-0.05, 0) is 37.0 Å². The normalized spacial score (nSPS) is 21.0. The van der Waals surface area contributed by atoms with Gasteiger partial charge in [-0.3, -0.25) is 0 Å². The summed E-state index contributed by atoms with van der Waals surface area (Å²) in [5.74, 6) is 0. The van der Waals surface area contributed by atoms with Crippen LogP contribution in [0.1, 0.15) is 31.2 Å². The Balaban J connectivity index is 2.26. The van der Waals surface area contributed by atoms with Crippen molar-refractivity contribution in [1.82, 2.24) is 4.31 Å². The second-order valence-corrected chi connectivity index (χ2v) is 7.02. The molecule has 3 N–H and O–H groups in total. The van der Waals surface area contributed by atoms with Gasteiger partial charge in [0.25, 0.3) is 0 Å². The molecule has 0 spiro atoms. The predicted molar refractivity (Wildman–Crippen MR) is 77.6 cm³/mol. The number of hydrogen-bond acceptors (Lipinski definition) is 4. The molecule has 1 heterocycles. The van der Waals surface area contributed by atoms with Crippen LogP contribution in [0, 0.1) is 0 Å². The third-order valence-corrected chi connectivity index (χ3v) is 5.77.